The van der Waals surface area contributed by atoms with Crippen LogP contribution in [0.25, 0.3) is 0 Å². The number of carboxylic acid groups (broad SMARTS) is 1. The molecule has 0 saturated carbocycles. The molecule has 0 saturated heterocycles. The first-order valence-corrected chi connectivity index (χ1v) is 5.90. The average Bonchev–Trinajstić information content (AvgIpc) is 2.18. The van der Waals surface area contributed by atoms with E-state index in [9.17, 15) is 13.2 Å². The normalized spacial score (nSPS) is 13.6. The molecule has 8 nitrogen and oxygen atoms in total. The summed E-state index contributed by atoms with van der Waals surface area (Å²) in [6.45, 7) is -0.00174. The second-order valence-electron chi connectivity index (χ2n) is 2.80. The van der Waals surface area contributed by atoms with Gasteiger partial charge in [0.05, 0.1) is 6.61 Å². The number of nitrogens with one attached hydrogen (secondary N) is 2. The maximum Gasteiger partial charge on any atom is 0.334 e. The number of carboxylic acids is 1. The number of rotatable bonds is 9. The third-order valence-electron chi connectivity index (χ3n) is 1.62. The van der Waals surface area contributed by atoms with Crippen LogP contribution in [0.4, 0.5) is 0 Å². The van der Waals surface area contributed by atoms with Crippen molar-refractivity contribution in [3.05, 3.63) is 0 Å². The molecule has 0 radical (unpaired) electrons. The Bertz CT molecular complexity index is 304. The molecule has 0 aromatic rings. The van der Waals surface area contributed by atoms with E-state index in [2.05, 4.69) is 14.2 Å². The third-order valence-corrected chi connectivity index (χ3v) is 2.75. The highest BCUT2D eigenvalue weighted by Gasteiger charge is 2.19. The molecule has 0 aliphatic rings. The molecule has 16 heavy (non-hydrogen) atoms. The standard InChI is InChI=1S/C7H16N2O6S/c1-14-4-3-8-16(12,13)9-5-6(15-2)7(10)11/h6,8-9H,3-5H2,1-2H3,(H,10,11). The number of ether oxygens (including phenoxy) is 2. The fourth-order valence-electron chi connectivity index (χ4n) is 0.786. The Morgan fingerprint density at radius 3 is 2.44 bits per heavy atom. The third kappa shape index (κ3) is 6.69. The van der Waals surface area contributed by atoms with Crippen molar-refractivity contribution in [2.24, 2.45) is 0 Å². The van der Waals surface area contributed by atoms with Crippen molar-refractivity contribution < 1.29 is 27.8 Å². The first-order valence-electron chi connectivity index (χ1n) is 4.41. The summed E-state index contributed by atoms with van der Waals surface area (Å²) in [5.74, 6) is -1.23. The molecule has 0 bridgehead atoms. The SMILES string of the molecule is COCCNS(=O)(=O)NCC(OC)C(=O)O. The highest BCUT2D eigenvalue weighted by Crippen LogP contribution is 1.89. The first-order chi connectivity index (χ1) is 7.43. The maximum absolute atomic E-state index is 11.2. The van der Waals surface area contributed by atoms with Gasteiger partial charge in [-0.2, -0.15) is 17.9 Å². The van der Waals surface area contributed by atoms with Gasteiger partial charge >= 0.3 is 5.97 Å². The molecular weight excluding hydrogens is 240 g/mol. The average molecular weight is 256 g/mol. The van der Waals surface area contributed by atoms with E-state index < -0.39 is 22.3 Å². The Balaban J connectivity index is 4.02. The number of carbonyl (C=O) groups is 1. The quantitative estimate of drug-likeness (QED) is 0.418. The molecule has 1 unspecified atom stereocenters. The van der Waals surface area contributed by atoms with Crippen LogP contribution < -0.4 is 9.44 Å². The van der Waals surface area contributed by atoms with Crippen molar-refractivity contribution in [3.63, 3.8) is 0 Å². The van der Waals surface area contributed by atoms with Gasteiger partial charge in [0.1, 0.15) is 0 Å². The lowest BCUT2D eigenvalue weighted by molar-refractivity contribution is -0.147. The van der Waals surface area contributed by atoms with Gasteiger partial charge in [-0.15, -0.1) is 0 Å². The van der Waals surface area contributed by atoms with Crippen molar-refractivity contribution in [3.8, 4) is 0 Å². The molecule has 0 aromatic heterocycles. The van der Waals surface area contributed by atoms with E-state index in [1.165, 1.54) is 14.2 Å². The molecule has 0 aliphatic heterocycles. The summed E-state index contributed by atoms with van der Waals surface area (Å²) in [5.41, 5.74) is 0. The second-order valence-corrected chi connectivity index (χ2v) is 4.39. The van der Waals surface area contributed by atoms with Gasteiger partial charge in [0.25, 0.3) is 10.2 Å². The van der Waals surface area contributed by atoms with Crippen LogP contribution in [0.5, 0.6) is 0 Å². The molecule has 9 heteroatoms. The molecule has 96 valence electrons. The Hall–Kier alpha value is -0.740. The van der Waals surface area contributed by atoms with E-state index >= 15 is 0 Å². The fourth-order valence-corrected chi connectivity index (χ4v) is 1.61. The van der Waals surface area contributed by atoms with Crippen molar-refractivity contribution >= 4 is 16.2 Å². The molecule has 0 heterocycles. The smallest absolute Gasteiger partial charge is 0.334 e. The summed E-state index contributed by atoms with van der Waals surface area (Å²) in [6.07, 6.45) is -1.21. The van der Waals surface area contributed by atoms with Crippen molar-refractivity contribution in [2.75, 3.05) is 33.9 Å². The van der Waals surface area contributed by atoms with Crippen molar-refractivity contribution in [2.45, 2.75) is 6.10 Å². The summed E-state index contributed by atoms with van der Waals surface area (Å²) in [4.78, 5) is 10.5. The second kappa shape index (κ2) is 7.52. The van der Waals surface area contributed by atoms with Gasteiger partial charge in [-0.3, -0.25) is 0 Å². The predicted octanol–water partition coefficient (Wildman–Crippen LogP) is -1.84. The van der Waals surface area contributed by atoms with Crippen molar-refractivity contribution in [1.82, 2.24) is 9.44 Å². The van der Waals surface area contributed by atoms with Gasteiger partial charge in [0.2, 0.25) is 0 Å². The van der Waals surface area contributed by atoms with Crippen LogP contribution in [-0.4, -0.2) is 59.5 Å². The minimum Gasteiger partial charge on any atom is -0.479 e. The molecule has 0 amide bonds. The van der Waals surface area contributed by atoms with E-state index in [1.807, 2.05) is 4.72 Å². The molecule has 3 N–H and O–H groups in total. The van der Waals surface area contributed by atoms with Gasteiger partial charge in [0.15, 0.2) is 6.10 Å². The topological polar surface area (TPSA) is 114 Å². The zero-order chi connectivity index (χ0) is 12.6. The monoisotopic (exact) mass is 256 g/mol. The Labute approximate surface area is 94.1 Å². The largest absolute Gasteiger partial charge is 0.479 e. The van der Waals surface area contributed by atoms with Crippen LogP contribution in [0.2, 0.25) is 0 Å². The van der Waals surface area contributed by atoms with Crippen LogP contribution in [0.3, 0.4) is 0 Å². The van der Waals surface area contributed by atoms with Crippen LogP contribution in [-0.2, 0) is 24.5 Å². The summed E-state index contributed by atoms with van der Waals surface area (Å²) in [5, 5.41) is 8.58. The van der Waals surface area contributed by atoms with Gasteiger partial charge in [-0.1, -0.05) is 0 Å². The van der Waals surface area contributed by atoms with Crippen LogP contribution in [0.1, 0.15) is 0 Å². The number of hydrogen-bond acceptors (Lipinski definition) is 5. The minimum atomic E-state index is -3.72. The lowest BCUT2D eigenvalue weighted by Crippen LogP contribution is -2.44. The lowest BCUT2D eigenvalue weighted by atomic mass is 10.4. The number of hydrogen-bond donors (Lipinski definition) is 3. The molecular formula is C7H16N2O6S. The van der Waals surface area contributed by atoms with Crippen LogP contribution in [0, 0.1) is 0 Å². The van der Waals surface area contributed by atoms with Crippen LogP contribution in [0.15, 0.2) is 0 Å². The van der Waals surface area contributed by atoms with E-state index in [1.54, 1.807) is 0 Å². The Kier molecular flexibility index (Phi) is 7.17. The van der Waals surface area contributed by atoms with Gasteiger partial charge in [0, 0.05) is 27.3 Å². The van der Waals surface area contributed by atoms with Gasteiger partial charge in [-0.25, -0.2) is 4.79 Å². The highest BCUT2D eigenvalue weighted by atomic mass is 32.2. The summed E-state index contributed by atoms with van der Waals surface area (Å²) in [6, 6.07) is 0. The number of aliphatic carboxylic acids is 1. The zero-order valence-corrected chi connectivity index (χ0v) is 9.91. The Morgan fingerprint density at radius 2 is 2.00 bits per heavy atom. The molecule has 0 spiro atoms. The van der Waals surface area contributed by atoms with Gasteiger partial charge in [-0.05, 0) is 0 Å². The summed E-state index contributed by atoms with van der Waals surface area (Å²) >= 11 is 0. The van der Waals surface area contributed by atoms with Crippen LogP contribution >= 0.6 is 0 Å². The van der Waals surface area contributed by atoms with E-state index in [4.69, 9.17) is 5.11 Å². The molecule has 0 fully saturated rings. The van der Waals surface area contributed by atoms with E-state index in [0.29, 0.717) is 0 Å². The van der Waals surface area contributed by atoms with Gasteiger partial charge < -0.3 is 14.6 Å². The predicted molar refractivity (Wildman–Crippen MR) is 55.2 cm³/mol. The minimum absolute atomic E-state index is 0.108. The molecule has 0 aromatic carbocycles. The first kappa shape index (κ1) is 15.3. The molecule has 0 aliphatic carbocycles. The summed E-state index contributed by atoms with van der Waals surface area (Å²) < 4.78 is 35.9. The van der Waals surface area contributed by atoms with E-state index in [0.717, 1.165) is 0 Å². The fraction of sp³-hybridized carbons (Fsp3) is 0.857. The zero-order valence-electron chi connectivity index (χ0n) is 9.10. The van der Waals surface area contributed by atoms with Crippen molar-refractivity contribution in [1.29, 1.82) is 0 Å². The summed E-state index contributed by atoms with van der Waals surface area (Å²) in [7, 11) is -1.09. The lowest BCUT2D eigenvalue weighted by Gasteiger charge is -2.12. The Morgan fingerprint density at radius 1 is 1.38 bits per heavy atom. The van der Waals surface area contributed by atoms with E-state index in [-0.39, 0.29) is 19.7 Å². The number of methoxy groups -OCH3 is 2. The molecule has 1 atom stereocenters. The maximum atomic E-state index is 11.2. The molecule has 0 rings (SSSR count). The highest BCUT2D eigenvalue weighted by molar-refractivity contribution is 7.87.